The highest BCUT2D eigenvalue weighted by molar-refractivity contribution is 7.98. The van der Waals surface area contributed by atoms with Crippen LogP contribution >= 0.6 is 23.4 Å². The maximum Gasteiger partial charge on any atom is 0.419 e. The Labute approximate surface area is 159 Å². The minimum atomic E-state index is -4.44. The molecule has 2 heterocycles. The summed E-state index contributed by atoms with van der Waals surface area (Å²) < 4.78 is 40.2. The van der Waals surface area contributed by atoms with Crippen molar-refractivity contribution < 1.29 is 13.2 Å². The number of nitrogens with one attached hydrogen (secondary N) is 1. The average Bonchev–Trinajstić information content (AvgIpc) is 2.60. The Morgan fingerprint density at radius 3 is 2.73 bits per heavy atom. The van der Waals surface area contributed by atoms with E-state index in [2.05, 4.69) is 10.3 Å². The third-order valence-corrected chi connectivity index (χ3v) is 5.57. The molecule has 1 atom stereocenters. The molecule has 1 aliphatic rings. The molecule has 1 aromatic heterocycles. The first-order valence-electron chi connectivity index (χ1n) is 8.27. The van der Waals surface area contributed by atoms with Gasteiger partial charge in [0.15, 0.2) is 0 Å². The summed E-state index contributed by atoms with van der Waals surface area (Å²) in [6.07, 6.45) is -4.44. The summed E-state index contributed by atoms with van der Waals surface area (Å²) >= 11 is 7.18. The van der Waals surface area contributed by atoms with E-state index in [-0.39, 0.29) is 11.1 Å². The highest BCUT2D eigenvalue weighted by atomic mass is 35.5. The molecule has 3 rings (SSSR count). The van der Waals surface area contributed by atoms with E-state index in [0.717, 1.165) is 36.5 Å². The van der Waals surface area contributed by atoms with Crippen molar-refractivity contribution in [3.8, 4) is 0 Å². The van der Waals surface area contributed by atoms with Gasteiger partial charge in [-0.2, -0.15) is 13.2 Å². The maximum absolute atomic E-state index is 13.4. The van der Waals surface area contributed by atoms with Crippen molar-refractivity contribution >= 4 is 29.2 Å². The average molecular weight is 402 g/mol. The predicted molar refractivity (Wildman–Crippen MR) is 99.9 cm³/mol. The van der Waals surface area contributed by atoms with Crippen LogP contribution in [0.3, 0.4) is 0 Å². The first-order valence-corrected chi connectivity index (χ1v) is 9.63. The fourth-order valence-electron chi connectivity index (χ4n) is 2.83. The molecular formula is C18H19ClF3N3S. The number of thioether (sulfide) groups is 1. The molecule has 0 saturated carbocycles. The molecular weight excluding hydrogens is 383 g/mol. The largest absolute Gasteiger partial charge is 0.419 e. The van der Waals surface area contributed by atoms with Crippen molar-refractivity contribution in [2.75, 3.05) is 24.5 Å². The zero-order valence-corrected chi connectivity index (χ0v) is 15.8. The monoisotopic (exact) mass is 401 g/mol. The summed E-state index contributed by atoms with van der Waals surface area (Å²) in [5, 5.41) is 3.84. The minimum Gasteiger partial charge on any atom is -0.354 e. The second-order valence-electron chi connectivity index (χ2n) is 6.20. The van der Waals surface area contributed by atoms with Crippen molar-refractivity contribution in [3.63, 3.8) is 0 Å². The van der Waals surface area contributed by atoms with Gasteiger partial charge in [0.2, 0.25) is 0 Å². The molecule has 3 nitrogen and oxygen atoms in total. The second kappa shape index (κ2) is 8.06. The molecule has 2 aromatic rings. The van der Waals surface area contributed by atoms with Crippen LogP contribution in [0.2, 0.25) is 5.02 Å². The summed E-state index contributed by atoms with van der Waals surface area (Å²) in [7, 11) is 0. The van der Waals surface area contributed by atoms with Gasteiger partial charge in [0, 0.05) is 36.5 Å². The SMILES string of the molecule is CC1CN(c2ccc(C(F)(F)F)c(SCc3ccccc3Cl)n2)CCN1. The number of hydrogen-bond acceptors (Lipinski definition) is 4. The first-order chi connectivity index (χ1) is 12.3. The van der Waals surface area contributed by atoms with Crippen LogP contribution in [0.4, 0.5) is 19.0 Å². The van der Waals surface area contributed by atoms with E-state index in [4.69, 9.17) is 11.6 Å². The smallest absolute Gasteiger partial charge is 0.354 e. The number of alkyl halides is 3. The third-order valence-electron chi connectivity index (χ3n) is 4.17. The van der Waals surface area contributed by atoms with Gasteiger partial charge in [0.1, 0.15) is 10.8 Å². The van der Waals surface area contributed by atoms with Crippen molar-refractivity contribution in [2.24, 2.45) is 0 Å². The molecule has 0 radical (unpaired) electrons. The first kappa shape index (κ1) is 19.3. The van der Waals surface area contributed by atoms with Gasteiger partial charge in [-0.15, -0.1) is 11.8 Å². The minimum absolute atomic E-state index is 0.0129. The van der Waals surface area contributed by atoms with Gasteiger partial charge in [-0.05, 0) is 30.7 Å². The van der Waals surface area contributed by atoms with E-state index in [1.165, 1.54) is 6.07 Å². The molecule has 1 fully saturated rings. The van der Waals surface area contributed by atoms with Crippen molar-refractivity contribution in [3.05, 3.63) is 52.5 Å². The van der Waals surface area contributed by atoms with E-state index in [1.54, 1.807) is 12.1 Å². The third kappa shape index (κ3) is 4.64. The van der Waals surface area contributed by atoms with Crippen LogP contribution in [-0.4, -0.2) is 30.7 Å². The van der Waals surface area contributed by atoms with Crippen LogP contribution in [0.5, 0.6) is 0 Å². The molecule has 0 aliphatic carbocycles. The van der Waals surface area contributed by atoms with Gasteiger partial charge in [0.05, 0.1) is 5.56 Å². The highest BCUT2D eigenvalue weighted by Gasteiger charge is 2.35. The lowest BCUT2D eigenvalue weighted by Gasteiger charge is -2.33. The molecule has 1 unspecified atom stereocenters. The number of pyridine rings is 1. The zero-order valence-electron chi connectivity index (χ0n) is 14.2. The number of rotatable bonds is 4. The molecule has 1 aromatic carbocycles. The van der Waals surface area contributed by atoms with Crippen molar-refractivity contribution in [2.45, 2.75) is 29.9 Å². The lowest BCUT2D eigenvalue weighted by atomic mass is 10.2. The van der Waals surface area contributed by atoms with Crippen LogP contribution < -0.4 is 10.2 Å². The molecule has 0 bridgehead atoms. The predicted octanol–water partition coefficient (Wildman–Crippen LogP) is 4.84. The maximum atomic E-state index is 13.4. The quantitative estimate of drug-likeness (QED) is 0.742. The highest BCUT2D eigenvalue weighted by Crippen LogP contribution is 2.38. The number of piperazine rings is 1. The number of anilines is 1. The summed E-state index contributed by atoms with van der Waals surface area (Å²) in [5.74, 6) is 0.907. The van der Waals surface area contributed by atoms with Gasteiger partial charge in [0.25, 0.3) is 0 Å². The van der Waals surface area contributed by atoms with Crippen LogP contribution in [0.1, 0.15) is 18.1 Å². The number of benzene rings is 1. The molecule has 26 heavy (non-hydrogen) atoms. The van der Waals surface area contributed by atoms with Crippen LogP contribution in [0, 0.1) is 0 Å². The van der Waals surface area contributed by atoms with Crippen LogP contribution in [0.15, 0.2) is 41.4 Å². The Morgan fingerprint density at radius 2 is 2.04 bits per heavy atom. The Balaban J connectivity index is 1.87. The summed E-state index contributed by atoms with van der Waals surface area (Å²) in [6.45, 7) is 4.26. The van der Waals surface area contributed by atoms with Crippen molar-refractivity contribution in [1.29, 1.82) is 0 Å². The molecule has 1 aliphatic heterocycles. The van der Waals surface area contributed by atoms with Crippen LogP contribution in [-0.2, 0) is 11.9 Å². The molecule has 0 amide bonds. The molecule has 0 spiro atoms. The Morgan fingerprint density at radius 1 is 1.27 bits per heavy atom. The Bertz CT molecular complexity index is 770. The second-order valence-corrected chi connectivity index (χ2v) is 7.57. The van der Waals surface area contributed by atoms with Gasteiger partial charge < -0.3 is 10.2 Å². The van der Waals surface area contributed by atoms with E-state index in [0.29, 0.717) is 23.1 Å². The standard InChI is InChI=1S/C18H19ClF3N3S/c1-12-10-25(9-8-23-12)16-7-6-14(18(20,21)22)17(24-16)26-11-13-4-2-3-5-15(13)19/h2-7,12,23H,8-11H2,1H3. The number of hydrogen-bond donors (Lipinski definition) is 1. The molecule has 1 saturated heterocycles. The van der Waals surface area contributed by atoms with E-state index >= 15 is 0 Å². The summed E-state index contributed by atoms with van der Waals surface area (Å²) in [6, 6.07) is 10.0. The summed E-state index contributed by atoms with van der Waals surface area (Å²) in [4.78, 5) is 6.35. The van der Waals surface area contributed by atoms with E-state index in [1.807, 2.05) is 24.0 Å². The van der Waals surface area contributed by atoms with Gasteiger partial charge in [-0.3, -0.25) is 0 Å². The fourth-order valence-corrected chi connectivity index (χ4v) is 4.16. The normalized spacial score (nSPS) is 18.2. The van der Waals surface area contributed by atoms with E-state index < -0.39 is 11.7 Å². The van der Waals surface area contributed by atoms with Gasteiger partial charge >= 0.3 is 6.18 Å². The fraction of sp³-hybridized carbons (Fsp3) is 0.389. The van der Waals surface area contributed by atoms with Gasteiger partial charge in [-0.25, -0.2) is 4.98 Å². The number of nitrogens with zero attached hydrogens (tertiary/aromatic N) is 2. The topological polar surface area (TPSA) is 28.2 Å². The molecule has 140 valence electrons. The number of aromatic nitrogens is 1. The molecule has 1 N–H and O–H groups in total. The Hall–Kier alpha value is -1.44. The summed E-state index contributed by atoms with van der Waals surface area (Å²) in [5.41, 5.74) is 0.0803. The Kier molecular flexibility index (Phi) is 5.99. The molecule has 8 heteroatoms. The van der Waals surface area contributed by atoms with Gasteiger partial charge in [-0.1, -0.05) is 29.8 Å². The van der Waals surface area contributed by atoms with Crippen LogP contribution in [0.25, 0.3) is 0 Å². The zero-order chi connectivity index (χ0) is 18.7. The van der Waals surface area contributed by atoms with Crippen molar-refractivity contribution in [1.82, 2.24) is 10.3 Å². The lowest BCUT2D eigenvalue weighted by molar-refractivity contribution is -0.140. The number of halogens is 4. The lowest BCUT2D eigenvalue weighted by Crippen LogP contribution is -2.49. The van der Waals surface area contributed by atoms with E-state index in [9.17, 15) is 13.2 Å².